The largest absolute Gasteiger partial charge is 0.472 e. The summed E-state index contributed by atoms with van der Waals surface area (Å²) in [6.07, 6.45) is 49.0. The summed E-state index contributed by atoms with van der Waals surface area (Å²) in [5.41, 5.74) is 0. The van der Waals surface area contributed by atoms with Crippen LogP contribution in [-0.2, 0) is 46.3 Å². The number of rotatable bonds is 42. The van der Waals surface area contributed by atoms with Crippen LogP contribution in [0.2, 0.25) is 0 Å². The first kappa shape index (κ1) is 62.4. The number of aliphatic hydroxyl groups excluding tert-OH is 3. The van der Waals surface area contributed by atoms with E-state index < -0.39 is 85.5 Å². The van der Waals surface area contributed by atoms with Gasteiger partial charge in [-0.15, -0.1) is 0 Å². The van der Waals surface area contributed by atoms with Gasteiger partial charge in [-0.05, 0) is 51.4 Å². The molecule has 374 valence electrons. The van der Waals surface area contributed by atoms with Gasteiger partial charge in [-0.1, -0.05) is 174 Å². The van der Waals surface area contributed by atoms with Crippen LogP contribution in [0.1, 0.15) is 117 Å². The molecule has 0 bridgehead atoms. The second-order valence-corrected chi connectivity index (χ2v) is 17.8. The maximum absolute atomic E-state index is 12.2. The number of phosphoric ester groups is 2. The molecule has 66 heavy (non-hydrogen) atoms. The van der Waals surface area contributed by atoms with Crippen molar-refractivity contribution in [2.75, 3.05) is 39.6 Å². The minimum atomic E-state index is -4.81. The van der Waals surface area contributed by atoms with E-state index >= 15 is 0 Å². The molecular formula is C49H78O15P2. The molecule has 0 aromatic rings. The van der Waals surface area contributed by atoms with Gasteiger partial charge in [0.15, 0.2) is 0 Å². The summed E-state index contributed by atoms with van der Waals surface area (Å²) in [7, 11) is -9.60. The van der Waals surface area contributed by atoms with Gasteiger partial charge in [-0.25, -0.2) is 9.13 Å². The van der Waals surface area contributed by atoms with Crippen molar-refractivity contribution < 1.29 is 71.4 Å². The maximum Gasteiger partial charge on any atom is 0.472 e. The summed E-state index contributed by atoms with van der Waals surface area (Å²) < 4.78 is 52.9. The number of hydrogen-bond donors (Lipinski definition) is 5. The number of aliphatic hydroxyl groups is 3. The highest BCUT2D eigenvalue weighted by atomic mass is 31.2. The molecule has 0 aliphatic carbocycles. The summed E-state index contributed by atoms with van der Waals surface area (Å²) in [6.45, 7) is 0.0251. The molecule has 5 N–H and O–H groups in total. The fraction of sp³-hybridized carbons (Fsp3) is 0.551. The zero-order chi connectivity index (χ0) is 48.8. The summed E-state index contributed by atoms with van der Waals surface area (Å²) in [5.74, 6) is -1.06. The van der Waals surface area contributed by atoms with E-state index in [9.17, 15) is 43.8 Å². The monoisotopic (exact) mass is 968 g/mol. The first-order valence-electron chi connectivity index (χ1n) is 23.0. The number of carbonyl (C=O) groups is 2. The van der Waals surface area contributed by atoms with Crippen molar-refractivity contribution in [3.05, 3.63) is 122 Å². The molecular weight excluding hydrogens is 890 g/mol. The first-order chi connectivity index (χ1) is 31.8. The Labute approximate surface area is 393 Å². The maximum atomic E-state index is 12.2. The number of phosphoric acid groups is 2. The normalized spacial score (nSPS) is 16.2. The molecule has 0 heterocycles. The average molecular weight is 969 g/mol. The molecule has 0 rings (SSSR count). The molecule has 17 heteroatoms. The third kappa shape index (κ3) is 45.6. The van der Waals surface area contributed by atoms with Gasteiger partial charge in [0.25, 0.3) is 0 Å². The predicted molar refractivity (Wildman–Crippen MR) is 260 cm³/mol. The summed E-state index contributed by atoms with van der Waals surface area (Å²) >= 11 is 0. The molecule has 5 unspecified atom stereocenters. The minimum Gasteiger partial charge on any atom is -0.463 e. The third-order valence-corrected chi connectivity index (χ3v) is 10.6. The summed E-state index contributed by atoms with van der Waals surface area (Å²) in [5, 5.41) is 30.0. The molecule has 5 atom stereocenters. The van der Waals surface area contributed by atoms with E-state index in [1.165, 1.54) is 0 Å². The minimum absolute atomic E-state index is 0.136. The van der Waals surface area contributed by atoms with E-state index in [2.05, 4.69) is 56.2 Å². The van der Waals surface area contributed by atoms with Gasteiger partial charge in [-0.2, -0.15) is 0 Å². The van der Waals surface area contributed by atoms with Crippen LogP contribution in [0.15, 0.2) is 122 Å². The van der Waals surface area contributed by atoms with Gasteiger partial charge in [0.2, 0.25) is 0 Å². The lowest BCUT2D eigenvalue weighted by Crippen LogP contribution is -2.25. The third-order valence-electron chi connectivity index (χ3n) is 8.67. The molecule has 0 saturated heterocycles. The highest BCUT2D eigenvalue weighted by Gasteiger charge is 2.28. The van der Waals surface area contributed by atoms with Crippen LogP contribution in [0.4, 0.5) is 0 Å². The van der Waals surface area contributed by atoms with E-state index in [0.717, 1.165) is 77.0 Å². The highest BCUT2D eigenvalue weighted by Crippen LogP contribution is 2.45. The predicted octanol–water partition coefficient (Wildman–Crippen LogP) is 10.3. The molecule has 0 aromatic heterocycles. The molecule has 15 nitrogen and oxygen atoms in total. The van der Waals surface area contributed by atoms with Gasteiger partial charge in [0, 0.05) is 12.8 Å². The Bertz CT molecular complexity index is 1640. The van der Waals surface area contributed by atoms with Crippen LogP contribution in [0.3, 0.4) is 0 Å². The van der Waals surface area contributed by atoms with E-state index in [0.29, 0.717) is 12.8 Å². The Hall–Kier alpha value is -3.56. The van der Waals surface area contributed by atoms with E-state index in [1.54, 1.807) is 0 Å². The number of unbranched alkanes of at least 4 members (excludes halogenated alkanes) is 10. The molecule has 0 radical (unpaired) electrons. The fourth-order valence-corrected chi connectivity index (χ4v) is 6.73. The van der Waals surface area contributed by atoms with E-state index in [-0.39, 0.29) is 12.8 Å². The van der Waals surface area contributed by atoms with Crippen molar-refractivity contribution >= 4 is 27.6 Å². The SMILES string of the molecule is CC/C=C/C=C/C=C\C=C\C=C\C=C\C=C\CCCCCC(=O)OCC(O)COP(=O)(O)OCC(O)COP(=O)(O)OCC(O)COC(=O)CCCCCCCCC/C=C/C=C/C=C/CC. The summed E-state index contributed by atoms with van der Waals surface area (Å²) in [6, 6.07) is 0. The Morgan fingerprint density at radius 1 is 0.394 bits per heavy atom. The number of esters is 2. The van der Waals surface area contributed by atoms with Crippen LogP contribution in [-0.4, -0.2) is 95.0 Å². The van der Waals surface area contributed by atoms with Crippen LogP contribution < -0.4 is 0 Å². The number of hydrogen-bond acceptors (Lipinski definition) is 13. The first-order valence-corrected chi connectivity index (χ1v) is 26.0. The standard InChI is InChI=1S/C49H78O15P2/c1-3-5-7-9-11-13-15-17-19-20-21-22-24-26-28-30-32-34-36-38-49(54)60-40-46(51)42-62-66(57,58)64-44-47(52)43-63-65(55,56)61-41-45(50)39-59-48(53)37-35-33-31-29-27-25-23-18-16-14-12-10-8-6-4-2/h5-17,19-22,24,26,28,45-47,50-52H,3-4,18,23,25,27,29-44H2,1-2H3,(H,55,56)(H,57,58)/b7-5+,8-6+,11-9+,12-10+,15-13-,16-14+,19-17+,21-20+,24-22+,28-26+. The van der Waals surface area contributed by atoms with Gasteiger partial charge >= 0.3 is 27.6 Å². The highest BCUT2D eigenvalue weighted by molar-refractivity contribution is 7.47. The number of allylic oxidation sites excluding steroid dienone is 20. The lowest BCUT2D eigenvalue weighted by Gasteiger charge is -2.19. The van der Waals surface area contributed by atoms with Crippen LogP contribution in [0.25, 0.3) is 0 Å². The van der Waals surface area contributed by atoms with Crippen LogP contribution >= 0.6 is 15.6 Å². The second kappa shape index (κ2) is 44.0. The Morgan fingerprint density at radius 2 is 0.652 bits per heavy atom. The van der Waals surface area contributed by atoms with Crippen molar-refractivity contribution in [1.29, 1.82) is 0 Å². The van der Waals surface area contributed by atoms with Crippen molar-refractivity contribution in [3.63, 3.8) is 0 Å². The molecule has 0 aromatic carbocycles. The summed E-state index contributed by atoms with van der Waals surface area (Å²) in [4.78, 5) is 43.7. The van der Waals surface area contributed by atoms with Gasteiger partial charge in [-0.3, -0.25) is 27.7 Å². The Balaban J connectivity index is 4.00. The molecule has 0 fully saturated rings. The molecule has 0 aliphatic rings. The fourth-order valence-electron chi connectivity index (χ4n) is 5.13. The van der Waals surface area contributed by atoms with Gasteiger partial charge in [0.1, 0.15) is 31.5 Å². The lowest BCUT2D eigenvalue weighted by molar-refractivity contribution is -0.148. The van der Waals surface area contributed by atoms with Gasteiger partial charge < -0.3 is 34.6 Å². The van der Waals surface area contributed by atoms with Crippen LogP contribution in [0.5, 0.6) is 0 Å². The zero-order valence-electron chi connectivity index (χ0n) is 39.0. The molecule has 0 spiro atoms. The second-order valence-electron chi connectivity index (χ2n) is 14.9. The Morgan fingerprint density at radius 3 is 0.985 bits per heavy atom. The number of carbonyl (C=O) groups excluding carboxylic acids is 2. The van der Waals surface area contributed by atoms with Crippen molar-refractivity contribution in [3.8, 4) is 0 Å². The van der Waals surface area contributed by atoms with Gasteiger partial charge in [0.05, 0.1) is 26.4 Å². The topological polar surface area (TPSA) is 225 Å². The molecule has 0 amide bonds. The van der Waals surface area contributed by atoms with E-state index in [1.807, 2.05) is 97.2 Å². The number of ether oxygens (including phenoxy) is 2. The lowest BCUT2D eigenvalue weighted by atomic mass is 10.1. The van der Waals surface area contributed by atoms with Crippen LogP contribution in [0, 0.1) is 0 Å². The van der Waals surface area contributed by atoms with E-state index in [4.69, 9.17) is 9.47 Å². The Kier molecular flexibility index (Phi) is 41.6. The van der Waals surface area contributed by atoms with Crippen molar-refractivity contribution in [1.82, 2.24) is 0 Å². The molecule has 0 saturated carbocycles. The quantitative estimate of drug-likeness (QED) is 0.0166. The molecule has 0 aliphatic heterocycles. The average Bonchev–Trinajstić information content (AvgIpc) is 3.29. The van der Waals surface area contributed by atoms with Crippen molar-refractivity contribution in [2.45, 2.75) is 135 Å². The smallest absolute Gasteiger partial charge is 0.463 e. The zero-order valence-corrected chi connectivity index (χ0v) is 40.8. The van der Waals surface area contributed by atoms with Crippen molar-refractivity contribution in [2.24, 2.45) is 0 Å².